The molecule has 22 heavy (non-hydrogen) atoms. The highest BCUT2D eigenvalue weighted by Crippen LogP contribution is 2.20. The quantitative estimate of drug-likeness (QED) is 0.736. The van der Waals surface area contributed by atoms with E-state index in [2.05, 4.69) is 22.4 Å². The van der Waals surface area contributed by atoms with E-state index < -0.39 is 10.0 Å². The van der Waals surface area contributed by atoms with Gasteiger partial charge in [0.25, 0.3) is 0 Å². The Hall–Kier alpha value is -1.45. The predicted octanol–water partition coefficient (Wildman–Crippen LogP) is 1.26. The molecule has 2 aromatic rings. The monoisotopic (exact) mass is 341 g/mol. The SMILES string of the molecule is Cc1ccc(-n2nnnc2SCCN(C)S(C)(=O)=O)cc1C. The number of nitrogens with zero attached hydrogens (tertiary/aromatic N) is 5. The fourth-order valence-corrected chi connectivity index (χ4v) is 3.16. The third kappa shape index (κ3) is 4.05. The third-order valence-corrected chi connectivity index (χ3v) is 5.59. The van der Waals surface area contributed by atoms with Crippen LogP contribution in [0.1, 0.15) is 11.1 Å². The van der Waals surface area contributed by atoms with Gasteiger partial charge in [0.2, 0.25) is 15.2 Å². The van der Waals surface area contributed by atoms with Crippen molar-refractivity contribution in [2.24, 2.45) is 0 Å². The Kier molecular flexibility index (Phi) is 5.20. The lowest BCUT2D eigenvalue weighted by Crippen LogP contribution is -2.27. The van der Waals surface area contributed by atoms with Crippen LogP contribution in [-0.2, 0) is 10.0 Å². The van der Waals surface area contributed by atoms with E-state index in [4.69, 9.17) is 0 Å². The molecule has 0 bridgehead atoms. The second kappa shape index (κ2) is 6.76. The number of hydrogen-bond acceptors (Lipinski definition) is 6. The summed E-state index contributed by atoms with van der Waals surface area (Å²) in [7, 11) is -1.60. The van der Waals surface area contributed by atoms with Gasteiger partial charge in [-0.1, -0.05) is 17.8 Å². The number of tetrazole rings is 1. The fourth-order valence-electron chi connectivity index (χ4n) is 1.72. The smallest absolute Gasteiger partial charge is 0.213 e. The number of benzene rings is 1. The van der Waals surface area contributed by atoms with E-state index in [0.29, 0.717) is 17.5 Å². The van der Waals surface area contributed by atoms with Crippen molar-refractivity contribution in [2.45, 2.75) is 19.0 Å². The lowest BCUT2D eigenvalue weighted by atomic mass is 10.1. The molecule has 0 aliphatic carbocycles. The number of sulfonamides is 1. The molecule has 0 amide bonds. The van der Waals surface area contributed by atoms with Gasteiger partial charge in [-0.25, -0.2) is 12.7 Å². The Bertz CT molecular complexity index is 758. The highest BCUT2D eigenvalue weighted by atomic mass is 32.2. The summed E-state index contributed by atoms with van der Waals surface area (Å²) in [5.41, 5.74) is 3.27. The molecule has 0 radical (unpaired) electrons. The van der Waals surface area contributed by atoms with Crippen molar-refractivity contribution in [2.75, 3.05) is 25.6 Å². The molecular formula is C13H19N5O2S2. The molecule has 1 heterocycles. The molecule has 0 N–H and O–H groups in total. The van der Waals surface area contributed by atoms with Crippen molar-refractivity contribution >= 4 is 21.8 Å². The average molecular weight is 341 g/mol. The number of aromatic nitrogens is 4. The second-order valence-electron chi connectivity index (χ2n) is 5.07. The van der Waals surface area contributed by atoms with Crippen molar-refractivity contribution in [3.05, 3.63) is 29.3 Å². The molecule has 9 heteroatoms. The van der Waals surface area contributed by atoms with Gasteiger partial charge in [0.15, 0.2) is 0 Å². The van der Waals surface area contributed by atoms with Crippen LogP contribution in [0, 0.1) is 13.8 Å². The van der Waals surface area contributed by atoms with Gasteiger partial charge in [0.1, 0.15) is 0 Å². The maximum absolute atomic E-state index is 11.4. The van der Waals surface area contributed by atoms with E-state index in [9.17, 15) is 8.42 Å². The first-order valence-electron chi connectivity index (χ1n) is 6.69. The van der Waals surface area contributed by atoms with Crippen LogP contribution in [0.4, 0.5) is 0 Å². The molecule has 0 aliphatic heterocycles. The minimum Gasteiger partial charge on any atom is -0.213 e. The fraction of sp³-hybridized carbons (Fsp3) is 0.462. The van der Waals surface area contributed by atoms with Gasteiger partial charge in [-0.2, -0.15) is 4.68 Å². The Morgan fingerprint density at radius 1 is 1.27 bits per heavy atom. The van der Waals surface area contributed by atoms with Crippen molar-refractivity contribution in [1.29, 1.82) is 0 Å². The zero-order valence-corrected chi connectivity index (χ0v) is 14.6. The molecular weight excluding hydrogens is 322 g/mol. The highest BCUT2D eigenvalue weighted by Gasteiger charge is 2.13. The molecule has 0 saturated heterocycles. The zero-order chi connectivity index (χ0) is 16.3. The Morgan fingerprint density at radius 3 is 2.64 bits per heavy atom. The van der Waals surface area contributed by atoms with E-state index in [-0.39, 0.29) is 0 Å². The van der Waals surface area contributed by atoms with E-state index in [0.717, 1.165) is 5.69 Å². The normalized spacial score (nSPS) is 12.0. The van der Waals surface area contributed by atoms with Gasteiger partial charge < -0.3 is 0 Å². The summed E-state index contributed by atoms with van der Waals surface area (Å²) in [4.78, 5) is 0. The second-order valence-corrected chi connectivity index (χ2v) is 8.23. The Labute approximate surface area is 134 Å². The minimum absolute atomic E-state index is 0.406. The maximum atomic E-state index is 11.4. The van der Waals surface area contributed by atoms with Gasteiger partial charge in [-0.3, -0.25) is 0 Å². The van der Waals surface area contributed by atoms with Crippen molar-refractivity contribution in [3.63, 3.8) is 0 Å². The number of rotatable bonds is 6. The zero-order valence-electron chi connectivity index (χ0n) is 13.0. The van der Waals surface area contributed by atoms with E-state index in [1.165, 1.54) is 33.4 Å². The highest BCUT2D eigenvalue weighted by molar-refractivity contribution is 7.99. The van der Waals surface area contributed by atoms with Gasteiger partial charge in [-0.15, -0.1) is 5.10 Å². The van der Waals surface area contributed by atoms with Gasteiger partial charge >= 0.3 is 0 Å². The first kappa shape index (κ1) is 16.9. The summed E-state index contributed by atoms with van der Waals surface area (Å²) in [5.74, 6) is 0.578. The molecule has 0 saturated carbocycles. The molecule has 0 atom stereocenters. The Balaban J connectivity index is 2.08. The predicted molar refractivity (Wildman–Crippen MR) is 86.8 cm³/mol. The number of hydrogen-bond donors (Lipinski definition) is 0. The summed E-state index contributed by atoms with van der Waals surface area (Å²) < 4.78 is 25.7. The van der Waals surface area contributed by atoms with Crippen LogP contribution in [0.15, 0.2) is 23.4 Å². The van der Waals surface area contributed by atoms with Gasteiger partial charge in [0, 0.05) is 19.3 Å². The van der Waals surface area contributed by atoms with Crippen LogP contribution in [-0.4, -0.2) is 58.5 Å². The molecule has 0 unspecified atom stereocenters. The first-order chi connectivity index (χ1) is 10.3. The first-order valence-corrected chi connectivity index (χ1v) is 9.52. The summed E-state index contributed by atoms with van der Waals surface area (Å²) in [5, 5.41) is 12.4. The number of aryl methyl sites for hydroxylation is 2. The van der Waals surface area contributed by atoms with Crippen LogP contribution in [0.2, 0.25) is 0 Å². The minimum atomic E-state index is -3.16. The summed E-state index contributed by atoms with van der Waals surface area (Å²) in [6.45, 7) is 4.50. The lowest BCUT2D eigenvalue weighted by Gasteiger charge is -2.13. The summed E-state index contributed by atoms with van der Waals surface area (Å²) in [6, 6.07) is 6.02. The third-order valence-electron chi connectivity index (χ3n) is 3.38. The molecule has 0 spiro atoms. The molecule has 2 rings (SSSR count). The lowest BCUT2D eigenvalue weighted by molar-refractivity contribution is 0.494. The van der Waals surface area contributed by atoms with Gasteiger partial charge in [0.05, 0.1) is 11.9 Å². The van der Waals surface area contributed by atoms with Crippen LogP contribution in [0.25, 0.3) is 5.69 Å². The Morgan fingerprint density at radius 2 is 2.00 bits per heavy atom. The summed E-state index contributed by atoms with van der Waals surface area (Å²) >= 11 is 1.42. The molecule has 120 valence electrons. The van der Waals surface area contributed by atoms with E-state index >= 15 is 0 Å². The van der Waals surface area contributed by atoms with E-state index in [1.807, 2.05) is 25.1 Å². The van der Waals surface area contributed by atoms with Crippen molar-refractivity contribution in [1.82, 2.24) is 24.5 Å². The van der Waals surface area contributed by atoms with E-state index in [1.54, 1.807) is 11.7 Å². The maximum Gasteiger partial charge on any atom is 0.214 e. The van der Waals surface area contributed by atoms with Crippen LogP contribution < -0.4 is 0 Å². The topological polar surface area (TPSA) is 81.0 Å². The standard InChI is InChI=1S/C13H19N5O2S2/c1-10-5-6-12(9-11(10)2)18-13(14-15-16-18)21-8-7-17(3)22(4,19)20/h5-6,9H,7-8H2,1-4H3. The molecule has 0 fully saturated rings. The van der Waals surface area contributed by atoms with Crippen LogP contribution in [0.5, 0.6) is 0 Å². The van der Waals surface area contributed by atoms with Gasteiger partial charge in [-0.05, 0) is 47.5 Å². The molecule has 1 aromatic carbocycles. The largest absolute Gasteiger partial charge is 0.214 e. The molecule has 0 aliphatic rings. The summed E-state index contributed by atoms with van der Waals surface area (Å²) in [6.07, 6.45) is 1.19. The van der Waals surface area contributed by atoms with Crippen molar-refractivity contribution in [3.8, 4) is 5.69 Å². The average Bonchev–Trinajstić information content (AvgIpc) is 2.89. The molecule has 1 aromatic heterocycles. The van der Waals surface area contributed by atoms with Crippen molar-refractivity contribution < 1.29 is 8.42 Å². The molecule has 7 nitrogen and oxygen atoms in total. The van der Waals surface area contributed by atoms with Crippen LogP contribution >= 0.6 is 11.8 Å². The van der Waals surface area contributed by atoms with Crippen LogP contribution in [0.3, 0.4) is 0 Å². The number of thioether (sulfide) groups is 1.